The Morgan fingerprint density at radius 3 is 2.72 bits per heavy atom. The minimum atomic E-state index is 0.196. The minimum absolute atomic E-state index is 0.196. The van der Waals surface area contributed by atoms with Gasteiger partial charge >= 0.3 is 0 Å². The van der Waals surface area contributed by atoms with Crippen LogP contribution in [0.3, 0.4) is 0 Å². The quantitative estimate of drug-likeness (QED) is 0.746. The fourth-order valence-electron chi connectivity index (χ4n) is 4.56. The molecule has 4 fully saturated rings. The van der Waals surface area contributed by atoms with Crippen molar-refractivity contribution in [3.05, 3.63) is 29.6 Å². The zero-order valence-corrected chi connectivity index (χ0v) is 15.6. The molecule has 0 aromatic carbocycles. The van der Waals surface area contributed by atoms with Crippen molar-refractivity contribution in [2.75, 3.05) is 19.6 Å². The maximum absolute atomic E-state index is 12.9. The van der Waals surface area contributed by atoms with E-state index in [0.29, 0.717) is 11.9 Å². The van der Waals surface area contributed by atoms with E-state index in [1.165, 1.54) is 30.5 Å². The molecule has 5 rings (SSSR count). The van der Waals surface area contributed by atoms with Crippen LogP contribution in [0.1, 0.15) is 42.6 Å². The second-order valence-corrected chi connectivity index (χ2v) is 8.18. The number of amides is 1. The number of aryl methyl sites for hydroxylation is 1. The first-order chi connectivity index (χ1) is 12.1. The Bertz CT molecular complexity index is 675. The fraction of sp³-hybridized carbons (Fsp3) is 0.700. The van der Waals surface area contributed by atoms with Crippen LogP contribution in [-0.2, 0) is 17.9 Å². The highest BCUT2D eigenvalue weighted by atomic mass is 16.2. The van der Waals surface area contributed by atoms with E-state index in [1.807, 2.05) is 10.8 Å². The van der Waals surface area contributed by atoms with E-state index in [2.05, 4.69) is 35.3 Å². The average Bonchev–Trinajstić information content (AvgIpc) is 3.39. The molecule has 1 aromatic heterocycles. The third kappa shape index (κ3) is 3.26. The van der Waals surface area contributed by atoms with Gasteiger partial charge in [0.1, 0.15) is 0 Å². The highest BCUT2D eigenvalue weighted by Gasteiger charge is 2.42. The summed E-state index contributed by atoms with van der Waals surface area (Å²) in [6, 6.07) is 0.413. The molecule has 0 spiro atoms. The Balaban J connectivity index is 1.51. The third-order valence-electron chi connectivity index (χ3n) is 6.24. The molecule has 1 aliphatic carbocycles. The van der Waals surface area contributed by atoms with Crippen LogP contribution in [0.15, 0.2) is 12.7 Å². The molecule has 5 heteroatoms. The first-order valence-electron chi connectivity index (χ1n) is 9.73. The molecule has 2 bridgehead atoms. The summed E-state index contributed by atoms with van der Waals surface area (Å²) >= 11 is 0. The fourth-order valence-corrected chi connectivity index (χ4v) is 4.56. The average molecular weight is 342 g/mol. The maximum atomic E-state index is 12.9. The Hall–Kier alpha value is -1.62. The molecule has 25 heavy (non-hydrogen) atoms. The standard InChI is InChI=1S/C20H30N4O/c1-4-9-24-15(3)19(14(2)21-24)13-22-11-17-7-8-18(12-22)23(20(17)25)10-16-5-6-16/h4,16-18H,1,5-13H2,2-3H3/t17-,18+/m0/s1. The van der Waals surface area contributed by atoms with Crippen molar-refractivity contribution in [3.63, 3.8) is 0 Å². The zero-order valence-electron chi connectivity index (χ0n) is 15.6. The number of hydrogen-bond acceptors (Lipinski definition) is 3. The van der Waals surface area contributed by atoms with Crippen molar-refractivity contribution >= 4 is 5.91 Å². The largest absolute Gasteiger partial charge is 0.338 e. The molecule has 0 radical (unpaired) electrons. The number of carbonyl (C=O) groups excluding carboxylic acids is 1. The Morgan fingerprint density at radius 1 is 1.20 bits per heavy atom. The van der Waals surface area contributed by atoms with Gasteiger partial charge < -0.3 is 4.90 Å². The van der Waals surface area contributed by atoms with Crippen LogP contribution in [0.4, 0.5) is 0 Å². The minimum Gasteiger partial charge on any atom is -0.338 e. The van der Waals surface area contributed by atoms with Gasteiger partial charge in [-0.3, -0.25) is 14.4 Å². The van der Waals surface area contributed by atoms with Crippen molar-refractivity contribution < 1.29 is 4.79 Å². The predicted molar refractivity (Wildman–Crippen MR) is 98.1 cm³/mol. The van der Waals surface area contributed by atoms with E-state index in [4.69, 9.17) is 0 Å². The molecular weight excluding hydrogens is 312 g/mol. The lowest BCUT2D eigenvalue weighted by Gasteiger charge is -2.36. The van der Waals surface area contributed by atoms with E-state index in [-0.39, 0.29) is 5.92 Å². The van der Waals surface area contributed by atoms with Crippen molar-refractivity contribution in [1.29, 1.82) is 0 Å². The summed E-state index contributed by atoms with van der Waals surface area (Å²) in [5, 5.41) is 4.66. The number of aromatic nitrogens is 2. The lowest BCUT2D eigenvalue weighted by atomic mass is 9.94. The second-order valence-electron chi connectivity index (χ2n) is 8.18. The van der Waals surface area contributed by atoms with E-state index in [0.717, 1.165) is 50.8 Å². The summed E-state index contributed by atoms with van der Waals surface area (Å²) in [4.78, 5) is 17.6. The van der Waals surface area contributed by atoms with Gasteiger partial charge in [-0.15, -0.1) is 6.58 Å². The molecular formula is C20H30N4O. The van der Waals surface area contributed by atoms with Crippen LogP contribution in [0, 0.1) is 25.7 Å². The van der Waals surface area contributed by atoms with Crippen molar-refractivity contribution in [2.45, 2.75) is 58.7 Å². The normalized spacial score (nSPS) is 27.0. The van der Waals surface area contributed by atoms with Gasteiger partial charge in [0.05, 0.1) is 18.2 Å². The monoisotopic (exact) mass is 342 g/mol. The molecule has 1 saturated carbocycles. The van der Waals surface area contributed by atoms with Gasteiger partial charge in [-0.2, -0.15) is 5.10 Å². The van der Waals surface area contributed by atoms with Gasteiger partial charge in [-0.1, -0.05) is 6.08 Å². The van der Waals surface area contributed by atoms with Gasteiger partial charge in [-0.05, 0) is 45.4 Å². The van der Waals surface area contributed by atoms with E-state index < -0.39 is 0 Å². The zero-order chi connectivity index (χ0) is 17.6. The predicted octanol–water partition coefficient (Wildman–Crippen LogP) is 2.52. The van der Waals surface area contributed by atoms with Gasteiger partial charge in [0.15, 0.2) is 0 Å². The summed E-state index contributed by atoms with van der Waals surface area (Å²) in [6.45, 7) is 12.7. The summed E-state index contributed by atoms with van der Waals surface area (Å²) in [7, 11) is 0. The summed E-state index contributed by atoms with van der Waals surface area (Å²) in [6.07, 6.45) is 6.75. The van der Waals surface area contributed by atoms with E-state index >= 15 is 0 Å². The summed E-state index contributed by atoms with van der Waals surface area (Å²) in [5.74, 6) is 1.39. The van der Waals surface area contributed by atoms with Gasteiger partial charge in [0, 0.05) is 43.5 Å². The van der Waals surface area contributed by atoms with E-state index in [1.54, 1.807) is 0 Å². The van der Waals surface area contributed by atoms with Crippen molar-refractivity contribution in [3.8, 4) is 0 Å². The molecule has 5 nitrogen and oxygen atoms in total. The van der Waals surface area contributed by atoms with Crippen LogP contribution in [-0.4, -0.2) is 51.2 Å². The van der Waals surface area contributed by atoms with Crippen LogP contribution in [0.2, 0.25) is 0 Å². The summed E-state index contributed by atoms with van der Waals surface area (Å²) in [5.41, 5.74) is 3.66. The lowest BCUT2D eigenvalue weighted by Crippen LogP contribution is -2.48. The molecule has 3 aliphatic heterocycles. The Labute approximate surface area is 150 Å². The first-order valence-corrected chi connectivity index (χ1v) is 9.73. The van der Waals surface area contributed by atoms with Crippen LogP contribution < -0.4 is 0 Å². The lowest BCUT2D eigenvalue weighted by molar-refractivity contribution is -0.140. The van der Waals surface area contributed by atoms with Crippen molar-refractivity contribution in [2.24, 2.45) is 11.8 Å². The highest BCUT2D eigenvalue weighted by molar-refractivity contribution is 5.80. The van der Waals surface area contributed by atoms with Crippen molar-refractivity contribution in [1.82, 2.24) is 19.6 Å². The molecule has 136 valence electrons. The number of hydrogen-bond donors (Lipinski definition) is 0. The molecule has 4 heterocycles. The molecule has 0 N–H and O–H groups in total. The molecule has 2 atom stereocenters. The topological polar surface area (TPSA) is 41.4 Å². The number of fused-ring (bicyclic) bond motifs is 4. The molecule has 1 amide bonds. The van der Waals surface area contributed by atoms with E-state index in [9.17, 15) is 4.79 Å². The number of nitrogens with zero attached hydrogens (tertiary/aromatic N) is 4. The maximum Gasteiger partial charge on any atom is 0.227 e. The molecule has 3 saturated heterocycles. The number of carbonyl (C=O) groups is 1. The van der Waals surface area contributed by atoms with Gasteiger partial charge in [0.25, 0.3) is 0 Å². The first kappa shape index (κ1) is 16.8. The van der Waals surface area contributed by atoms with Gasteiger partial charge in [-0.25, -0.2) is 0 Å². The van der Waals surface area contributed by atoms with Gasteiger partial charge in [0.2, 0.25) is 5.91 Å². The number of piperidine rings is 1. The number of allylic oxidation sites excluding steroid dienone is 1. The second kappa shape index (κ2) is 6.60. The van der Waals surface area contributed by atoms with Crippen LogP contribution in [0.25, 0.3) is 0 Å². The van der Waals surface area contributed by atoms with Crippen LogP contribution >= 0.6 is 0 Å². The number of rotatable bonds is 6. The molecule has 4 aliphatic rings. The highest BCUT2D eigenvalue weighted by Crippen LogP contribution is 2.36. The Morgan fingerprint density at radius 2 is 2.00 bits per heavy atom. The smallest absolute Gasteiger partial charge is 0.227 e. The molecule has 1 aromatic rings. The van der Waals surface area contributed by atoms with Crippen LogP contribution in [0.5, 0.6) is 0 Å². The third-order valence-corrected chi connectivity index (χ3v) is 6.24. The molecule has 0 unspecified atom stereocenters. The Kier molecular flexibility index (Phi) is 4.44. The SMILES string of the molecule is C=CCn1nc(C)c(CN2C[C@@H]3CC[C@H](C2)N(CC2CC2)C3=O)c1C. The summed E-state index contributed by atoms with van der Waals surface area (Å²) < 4.78 is 2.04.